The van der Waals surface area contributed by atoms with Crippen LogP contribution in [0.5, 0.6) is 0 Å². The Kier molecular flexibility index (Phi) is 5.86. The molecule has 0 aliphatic carbocycles. The fourth-order valence-electron chi connectivity index (χ4n) is 0.331. The number of hydrogen-bond donors (Lipinski definition) is 0. The molecule has 0 spiro atoms. The Morgan fingerprint density at radius 1 is 1.43 bits per heavy atom. The molecule has 0 amide bonds. The topological polar surface area (TPSA) is 3.24 Å². The van der Waals surface area contributed by atoms with Gasteiger partial charge in [0.15, 0.2) is 0 Å². The summed E-state index contributed by atoms with van der Waals surface area (Å²) in [5.41, 5.74) is 0. The number of hydrogen-bond acceptors (Lipinski definition) is 1. The Morgan fingerprint density at radius 3 is 1.86 bits per heavy atom. The maximum absolute atomic E-state index is 5.67. The molecule has 0 atom stereocenters. The Morgan fingerprint density at radius 2 is 1.86 bits per heavy atom. The van der Waals surface area contributed by atoms with Crippen LogP contribution in [0.15, 0.2) is 0 Å². The molecular formula is C4H10ClNTa. The van der Waals surface area contributed by atoms with Crippen LogP contribution >= 0.6 is 9.19 Å². The summed E-state index contributed by atoms with van der Waals surface area (Å²) in [5, 5.41) is 0. The quantitative estimate of drug-likeness (QED) is 0.760. The molecule has 7 heavy (non-hydrogen) atoms. The zero-order valence-corrected chi connectivity index (χ0v) is 8.66. The van der Waals surface area contributed by atoms with E-state index in [-0.39, 0.29) is 0 Å². The van der Waals surface area contributed by atoms with Crippen molar-refractivity contribution in [2.75, 3.05) is 13.1 Å². The van der Waals surface area contributed by atoms with Gasteiger partial charge in [-0.3, -0.25) is 0 Å². The number of nitrogens with zero attached hydrogens (tertiary/aromatic N) is 1. The van der Waals surface area contributed by atoms with Gasteiger partial charge in [-0.05, 0) is 0 Å². The van der Waals surface area contributed by atoms with E-state index in [0.717, 1.165) is 13.1 Å². The van der Waals surface area contributed by atoms with Crippen molar-refractivity contribution < 1.29 is 18.9 Å². The fourth-order valence-corrected chi connectivity index (χ4v) is 2.85. The van der Waals surface area contributed by atoms with Crippen molar-refractivity contribution in [3.8, 4) is 0 Å². The molecule has 0 aromatic carbocycles. The van der Waals surface area contributed by atoms with Gasteiger partial charge in [-0.25, -0.2) is 0 Å². The van der Waals surface area contributed by atoms with E-state index >= 15 is 0 Å². The van der Waals surface area contributed by atoms with Gasteiger partial charge in [0.2, 0.25) is 0 Å². The summed E-state index contributed by atoms with van der Waals surface area (Å²) < 4.78 is 2.32. The van der Waals surface area contributed by atoms with Gasteiger partial charge in [0.05, 0.1) is 0 Å². The average Bonchev–Trinajstić information content (AvgIpc) is 1.72. The molecule has 0 aliphatic rings. The first-order valence-corrected chi connectivity index (χ1v) is 7.83. The van der Waals surface area contributed by atoms with E-state index in [2.05, 4.69) is 17.2 Å². The third kappa shape index (κ3) is 3.56. The Balaban J connectivity index is 2.99. The van der Waals surface area contributed by atoms with Crippen molar-refractivity contribution in [1.82, 2.24) is 3.30 Å². The molecule has 0 fully saturated rings. The van der Waals surface area contributed by atoms with Gasteiger partial charge in [-0.1, -0.05) is 0 Å². The molecule has 0 bridgehead atoms. The van der Waals surface area contributed by atoms with Gasteiger partial charge in [-0.15, -0.1) is 0 Å². The molecule has 0 heterocycles. The second-order valence-corrected chi connectivity index (χ2v) is 5.03. The van der Waals surface area contributed by atoms with Crippen molar-refractivity contribution >= 4 is 9.19 Å². The molecule has 0 unspecified atom stereocenters. The standard InChI is InChI=1S/C4H10N.ClH.Ta/c1-3-5-4-2;;/h3-4H2,1-2H3;1H;/q-1;;+2/p-1. The van der Waals surface area contributed by atoms with Crippen molar-refractivity contribution in [2.45, 2.75) is 13.8 Å². The first kappa shape index (κ1) is 7.99. The molecule has 0 radical (unpaired) electrons. The zero-order chi connectivity index (χ0) is 5.70. The third-order valence-electron chi connectivity index (χ3n) is 0.837. The van der Waals surface area contributed by atoms with Gasteiger partial charge in [0.25, 0.3) is 0 Å². The molecule has 0 aliphatic heterocycles. The van der Waals surface area contributed by atoms with E-state index in [9.17, 15) is 0 Å². The first-order chi connectivity index (χ1) is 3.35. The summed E-state index contributed by atoms with van der Waals surface area (Å²) in [6, 6.07) is 0. The zero-order valence-electron chi connectivity index (χ0n) is 4.69. The third-order valence-corrected chi connectivity index (χ3v) is 5.39. The first-order valence-electron chi connectivity index (χ1n) is 2.42. The molecular weight excluding hydrogens is 278 g/mol. The van der Waals surface area contributed by atoms with Gasteiger partial charge in [-0.2, -0.15) is 0 Å². The Bertz CT molecular complexity index is 33.2. The van der Waals surface area contributed by atoms with Crippen LogP contribution in [0.1, 0.15) is 13.8 Å². The van der Waals surface area contributed by atoms with E-state index in [1.54, 1.807) is 0 Å². The molecule has 1 nitrogen and oxygen atoms in total. The van der Waals surface area contributed by atoms with E-state index in [0.29, 0.717) is 0 Å². The van der Waals surface area contributed by atoms with Crippen LogP contribution < -0.4 is 0 Å². The molecule has 0 saturated carbocycles. The fraction of sp³-hybridized carbons (Fsp3) is 1.00. The summed E-state index contributed by atoms with van der Waals surface area (Å²) in [7, 11) is 5.67. The second kappa shape index (κ2) is 5.13. The van der Waals surface area contributed by atoms with Gasteiger partial charge < -0.3 is 0 Å². The van der Waals surface area contributed by atoms with E-state index in [1.165, 1.54) is 0 Å². The maximum atomic E-state index is 5.67. The average molecular weight is 289 g/mol. The summed E-state index contributed by atoms with van der Waals surface area (Å²) in [6.45, 7) is 6.57. The molecule has 0 aromatic heterocycles. The molecule has 0 saturated heterocycles. The second-order valence-electron chi connectivity index (χ2n) is 1.21. The van der Waals surface area contributed by atoms with Crippen molar-refractivity contribution in [1.29, 1.82) is 0 Å². The molecule has 3 heteroatoms. The van der Waals surface area contributed by atoms with Crippen LogP contribution in [0.25, 0.3) is 0 Å². The molecule has 0 N–H and O–H groups in total. The van der Waals surface area contributed by atoms with Crippen LogP contribution in [0, 0.1) is 0 Å². The van der Waals surface area contributed by atoms with Crippen LogP contribution in [0.3, 0.4) is 0 Å². The summed E-state index contributed by atoms with van der Waals surface area (Å²) in [5.74, 6) is 0. The van der Waals surface area contributed by atoms with E-state index < -0.39 is 18.9 Å². The van der Waals surface area contributed by atoms with Gasteiger partial charge in [0, 0.05) is 0 Å². The van der Waals surface area contributed by atoms with Crippen molar-refractivity contribution in [2.24, 2.45) is 0 Å². The minimum atomic E-state index is -0.674. The summed E-state index contributed by atoms with van der Waals surface area (Å²) in [6.07, 6.45) is 0. The predicted molar refractivity (Wildman–Crippen MR) is 28.8 cm³/mol. The van der Waals surface area contributed by atoms with Crippen molar-refractivity contribution in [3.05, 3.63) is 0 Å². The molecule has 43 valence electrons. The summed E-state index contributed by atoms with van der Waals surface area (Å²) in [4.78, 5) is 0. The van der Waals surface area contributed by atoms with E-state index in [1.807, 2.05) is 0 Å². The van der Waals surface area contributed by atoms with Gasteiger partial charge >= 0.3 is 58.4 Å². The summed E-state index contributed by atoms with van der Waals surface area (Å²) >= 11 is -0.674. The Labute approximate surface area is 58.5 Å². The predicted octanol–water partition coefficient (Wildman–Crippen LogP) is 1.48. The normalized spacial score (nSPS) is 9.71. The van der Waals surface area contributed by atoms with Gasteiger partial charge in [0.1, 0.15) is 0 Å². The van der Waals surface area contributed by atoms with Crippen LogP contribution in [0.2, 0.25) is 0 Å². The van der Waals surface area contributed by atoms with Crippen molar-refractivity contribution in [3.63, 3.8) is 0 Å². The number of halogens is 1. The van der Waals surface area contributed by atoms with Crippen LogP contribution in [-0.4, -0.2) is 16.4 Å². The monoisotopic (exact) mass is 288 g/mol. The minimum absolute atomic E-state index is 0.674. The number of rotatable bonds is 3. The van der Waals surface area contributed by atoms with E-state index in [4.69, 9.17) is 9.19 Å². The Hall–Kier alpha value is 0.990. The molecule has 0 aromatic rings. The SMILES string of the molecule is CC[N](CC)[Ta][Cl]. The van der Waals surface area contributed by atoms with Crippen LogP contribution in [0.4, 0.5) is 0 Å². The molecule has 0 rings (SSSR count). The van der Waals surface area contributed by atoms with Crippen LogP contribution in [-0.2, 0) is 18.9 Å².